The molecule has 4 rings (SSSR count). The summed E-state index contributed by atoms with van der Waals surface area (Å²) >= 11 is 2.70. The van der Waals surface area contributed by atoms with Crippen LogP contribution in [0.25, 0.3) is 6.08 Å². The fraction of sp³-hybridized carbons (Fsp3) is 0.294. The average molecular weight is 388 g/mol. The van der Waals surface area contributed by atoms with Crippen molar-refractivity contribution in [2.75, 3.05) is 12.5 Å². The number of fused-ring (bicyclic) bond motifs is 2. The molecular weight excluding hydrogens is 372 g/mol. The molecule has 3 aliphatic heterocycles. The molecule has 0 fully saturated rings. The lowest BCUT2D eigenvalue weighted by Gasteiger charge is -2.24. The van der Waals surface area contributed by atoms with Crippen LogP contribution in [-0.4, -0.2) is 39.5 Å². The van der Waals surface area contributed by atoms with Crippen LogP contribution in [0.4, 0.5) is 0 Å². The predicted octanol–water partition coefficient (Wildman–Crippen LogP) is 3.38. The SMILES string of the molecule is CC(C)CSC1=NSC2=NC(=O)/C(=C\c3ccc4c(c3)OCO4)C(=N)N12. The van der Waals surface area contributed by atoms with E-state index in [9.17, 15) is 4.79 Å². The molecule has 3 heterocycles. The number of carbonyl (C=O) groups is 1. The molecule has 26 heavy (non-hydrogen) atoms. The summed E-state index contributed by atoms with van der Waals surface area (Å²) in [7, 11) is 0. The zero-order chi connectivity index (χ0) is 18.3. The van der Waals surface area contributed by atoms with Crippen molar-refractivity contribution in [3.05, 3.63) is 29.3 Å². The molecule has 1 amide bonds. The normalized spacial score (nSPS) is 20.0. The van der Waals surface area contributed by atoms with Crippen molar-refractivity contribution in [1.82, 2.24) is 4.90 Å². The van der Waals surface area contributed by atoms with Gasteiger partial charge in [-0.1, -0.05) is 31.7 Å². The second-order valence-electron chi connectivity index (χ2n) is 6.22. The Bertz CT molecular complexity index is 892. The first-order chi connectivity index (χ1) is 12.5. The molecule has 0 aromatic heterocycles. The maximum absolute atomic E-state index is 12.4. The van der Waals surface area contributed by atoms with Crippen LogP contribution in [-0.2, 0) is 4.79 Å². The van der Waals surface area contributed by atoms with Gasteiger partial charge in [-0.15, -0.1) is 0 Å². The van der Waals surface area contributed by atoms with E-state index in [0.29, 0.717) is 27.8 Å². The number of rotatable bonds is 3. The van der Waals surface area contributed by atoms with E-state index in [2.05, 4.69) is 23.2 Å². The molecule has 3 aliphatic rings. The highest BCUT2D eigenvalue weighted by atomic mass is 32.2. The average Bonchev–Trinajstić information content (AvgIpc) is 3.22. The van der Waals surface area contributed by atoms with Crippen LogP contribution in [0.2, 0.25) is 0 Å². The van der Waals surface area contributed by atoms with Gasteiger partial charge in [0.25, 0.3) is 5.91 Å². The minimum Gasteiger partial charge on any atom is -0.454 e. The third-order valence-corrected chi connectivity index (χ3v) is 5.93. The van der Waals surface area contributed by atoms with Crippen LogP contribution < -0.4 is 9.47 Å². The Morgan fingerprint density at radius 3 is 3.00 bits per heavy atom. The third kappa shape index (κ3) is 3.12. The highest BCUT2D eigenvalue weighted by Gasteiger charge is 2.37. The summed E-state index contributed by atoms with van der Waals surface area (Å²) < 4.78 is 15.0. The highest BCUT2D eigenvalue weighted by Crippen LogP contribution is 2.35. The Hall–Kier alpha value is -2.26. The van der Waals surface area contributed by atoms with Crippen molar-refractivity contribution >= 4 is 51.9 Å². The molecule has 0 radical (unpaired) electrons. The van der Waals surface area contributed by atoms with Crippen LogP contribution in [0.3, 0.4) is 0 Å². The number of aliphatic imine (C=N–C) groups is 1. The van der Waals surface area contributed by atoms with E-state index < -0.39 is 5.91 Å². The number of nitrogens with one attached hydrogen (secondary N) is 1. The van der Waals surface area contributed by atoms with Gasteiger partial charge in [0, 0.05) is 5.75 Å². The van der Waals surface area contributed by atoms with Crippen molar-refractivity contribution in [2.24, 2.45) is 15.3 Å². The second-order valence-corrected chi connectivity index (χ2v) is 7.94. The van der Waals surface area contributed by atoms with Gasteiger partial charge in [-0.25, -0.2) is 4.90 Å². The van der Waals surface area contributed by atoms with Gasteiger partial charge in [0.05, 0.1) is 17.5 Å². The molecule has 0 spiro atoms. The number of nitrogens with zero attached hydrogens (tertiary/aromatic N) is 3. The van der Waals surface area contributed by atoms with Crippen LogP contribution in [0, 0.1) is 11.3 Å². The largest absolute Gasteiger partial charge is 0.454 e. The lowest BCUT2D eigenvalue weighted by Crippen LogP contribution is -2.41. The molecule has 1 aromatic rings. The predicted molar refractivity (Wildman–Crippen MR) is 105 cm³/mol. The van der Waals surface area contributed by atoms with E-state index in [-0.39, 0.29) is 18.2 Å². The van der Waals surface area contributed by atoms with Crippen LogP contribution in [0.15, 0.2) is 33.2 Å². The molecule has 1 aromatic carbocycles. The fourth-order valence-electron chi connectivity index (χ4n) is 2.51. The van der Waals surface area contributed by atoms with Crippen LogP contribution >= 0.6 is 23.7 Å². The topological polar surface area (TPSA) is 87.3 Å². The lowest BCUT2D eigenvalue weighted by atomic mass is 10.1. The highest BCUT2D eigenvalue weighted by molar-refractivity contribution is 8.19. The fourth-order valence-corrected chi connectivity index (χ4v) is 4.30. The second kappa shape index (κ2) is 6.81. The molecule has 1 N–H and O–H groups in total. The molecule has 0 aliphatic carbocycles. The number of benzene rings is 1. The van der Waals surface area contributed by atoms with Gasteiger partial charge < -0.3 is 9.47 Å². The molecule has 9 heteroatoms. The summed E-state index contributed by atoms with van der Waals surface area (Å²) in [6.45, 7) is 4.44. The number of thioether (sulfide) groups is 1. The van der Waals surface area contributed by atoms with Crippen molar-refractivity contribution in [3.8, 4) is 11.5 Å². The van der Waals surface area contributed by atoms with Crippen molar-refractivity contribution in [1.29, 1.82) is 5.41 Å². The summed E-state index contributed by atoms with van der Waals surface area (Å²) in [5.41, 5.74) is 0.981. The Morgan fingerprint density at radius 2 is 2.19 bits per heavy atom. The summed E-state index contributed by atoms with van der Waals surface area (Å²) in [5, 5.41) is 9.65. The summed E-state index contributed by atoms with van der Waals surface area (Å²) in [6.07, 6.45) is 1.65. The van der Waals surface area contributed by atoms with Crippen LogP contribution in [0.5, 0.6) is 11.5 Å². The van der Waals surface area contributed by atoms with Gasteiger partial charge in [0.2, 0.25) is 12.0 Å². The first-order valence-corrected chi connectivity index (χ1v) is 9.80. The molecule has 134 valence electrons. The van der Waals surface area contributed by atoms with Gasteiger partial charge in [0.15, 0.2) is 16.7 Å². The standard InChI is InChI=1S/C17H16N4O3S2/c1-9(2)7-25-17-20-26-16-19-15(22)11(14(18)21(16)17)5-10-3-4-12-13(6-10)24-8-23-12/h3-6,9,18H,7-8H2,1-2H3/b11-5-,18-14?. The maximum Gasteiger partial charge on any atom is 0.283 e. The monoisotopic (exact) mass is 388 g/mol. The van der Waals surface area contributed by atoms with Gasteiger partial charge in [-0.2, -0.15) is 9.39 Å². The molecule has 0 saturated carbocycles. The lowest BCUT2D eigenvalue weighted by molar-refractivity contribution is -0.114. The molecule has 0 saturated heterocycles. The molecule has 0 atom stereocenters. The van der Waals surface area contributed by atoms with Crippen LogP contribution in [0.1, 0.15) is 19.4 Å². The Labute approximate surface area is 159 Å². The number of ether oxygens (including phenoxy) is 2. The minimum absolute atomic E-state index is 0.0951. The van der Waals surface area contributed by atoms with Crippen molar-refractivity contribution in [2.45, 2.75) is 13.8 Å². The van der Waals surface area contributed by atoms with Gasteiger partial charge in [0.1, 0.15) is 5.84 Å². The first-order valence-electron chi connectivity index (χ1n) is 8.04. The van der Waals surface area contributed by atoms with Crippen molar-refractivity contribution in [3.63, 3.8) is 0 Å². The number of hydrogen-bond donors (Lipinski definition) is 1. The summed E-state index contributed by atoms with van der Waals surface area (Å²) in [5.74, 6) is 2.34. The molecule has 7 nitrogen and oxygen atoms in total. The summed E-state index contributed by atoms with van der Waals surface area (Å²) in [6, 6.07) is 5.40. The van der Waals surface area contributed by atoms with Gasteiger partial charge in [-0.05, 0) is 29.7 Å². The van der Waals surface area contributed by atoms with E-state index >= 15 is 0 Å². The van der Waals surface area contributed by atoms with E-state index in [1.807, 2.05) is 6.07 Å². The van der Waals surface area contributed by atoms with E-state index in [0.717, 1.165) is 23.3 Å². The first kappa shape index (κ1) is 17.2. The Kier molecular flexibility index (Phi) is 4.49. The van der Waals surface area contributed by atoms with E-state index in [4.69, 9.17) is 14.9 Å². The Balaban J connectivity index is 1.63. The smallest absolute Gasteiger partial charge is 0.283 e. The number of carbonyl (C=O) groups excluding carboxylic acids is 1. The molecular formula is C17H16N4O3S2. The number of hydrogen-bond acceptors (Lipinski definition) is 7. The van der Waals surface area contributed by atoms with Crippen molar-refractivity contribution < 1.29 is 14.3 Å². The molecule has 0 bridgehead atoms. The third-order valence-electron chi connectivity index (χ3n) is 3.75. The van der Waals surface area contributed by atoms with E-state index in [1.165, 1.54) is 0 Å². The maximum atomic E-state index is 12.4. The van der Waals surface area contributed by atoms with Gasteiger partial charge in [-0.3, -0.25) is 10.2 Å². The zero-order valence-electron chi connectivity index (χ0n) is 14.2. The summed E-state index contributed by atoms with van der Waals surface area (Å²) in [4.78, 5) is 18.1. The van der Waals surface area contributed by atoms with Gasteiger partial charge >= 0.3 is 0 Å². The molecule has 0 unspecified atom stereocenters. The quantitative estimate of drug-likeness (QED) is 0.631. The number of amidine groups is 3. The number of amides is 1. The Morgan fingerprint density at radius 1 is 1.38 bits per heavy atom. The van der Waals surface area contributed by atoms with E-state index in [1.54, 1.807) is 34.9 Å². The minimum atomic E-state index is -0.434. The zero-order valence-corrected chi connectivity index (χ0v) is 15.8.